The predicted molar refractivity (Wildman–Crippen MR) is 96.9 cm³/mol. The van der Waals surface area contributed by atoms with Crippen LogP contribution in [-0.4, -0.2) is 23.6 Å². The van der Waals surface area contributed by atoms with Crippen molar-refractivity contribution in [3.63, 3.8) is 0 Å². The summed E-state index contributed by atoms with van der Waals surface area (Å²) in [6.07, 6.45) is 0.669. The summed E-state index contributed by atoms with van der Waals surface area (Å²) >= 11 is 0. The molecule has 25 heavy (non-hydrogen) atoms. The predicted octanol–water partition coefficient (Wildman–Crippen LogP) is 2.99. The lowest BCUT2D eigenvalue weighted by Crippen LogP contribution is -2.30. The van der Waals surface area contributed by atoms with Crippen molar-refractivity contribution in [3.05, 3.63) is 53.6 Å². The van der Waals surface area contributed by atoms with E-state index in [0.29, 0.717) is 18.7 Å². The number of phenols is 1. The number of anilines is 2. The second-order valence-corrected chi connectivity index (χ2v) is 6.64. The summed E-state index contributed by atoms with van der Waals surface area (Å²) in [4.78, 5) is 24.0. The third kappa shape index (κ3) is 3.57. The summed E-state index contributed by atoms with van der Waals surface area (Å²) < 4.78 is 0. The van der Waals surface area contributed by atoms with Crippen molar-refractivity contribution >= 4 is 23.3 Å². The maximum absolute atomic E-state index is 12.0. The molecule has 0 saturated carbocycles. The Bertz CT molecular complexity index is 813. The van der Waals surface area contributed by atoms with Gasteiger partial charge in [-0.3, -0.25) is 4.79 Å². The highest BCUT2D eigenvalue weighted by Gasteiger charge is 2.38. The fourth-order valence-electron chi connectivity index (χ4n) is 2.83. The lowest BCUT2D eigenvalue weighted by Gasteiger charge is -2.15. The Morgan fingerprint density at radius 3 is 2.60 bits per heavy atom. The molecular weight excluding hydrogens is 318 g/mol. The number of urea groups is 1. The first-order valence-corrected chi connectivity index (χ1v) is 8.15. The van der Waals surface area contributed by atoms with Crippen LogP contribution in [0.15, 0.2) is 42.5 Å². The number of benzene rings is 2. The average molecular weight is 339 g/mol. The highest BCUT2D eigenvalue weighted by molar-refractivity contribution is 6.06. The van der Waals surface area contributed by atoms with E-state index >= 15 is 0 Å². The molecule has 0 radical (unpaired) electrons. The van der Waals surface area contributed by atoms with E-state index in [-0.39, 0.29) is 17.7 Å². The molecule has 3 rings (SSSR count). The van der Waals surface area contributed by atoms with E-state index < -0.39 is 5.41 Å². The van der Waals surface area contributed by atoms with Gasteiger partial charge in [0.05, 0.1) is 5.41 Å². The maximum atomic E-state index is 12.0. The molecule has 1 aliphatic rings. The lowest BCUT2D eigenvalue weighted by atomic mass is 9.86. The summed E-state index contributed by atoms with van der Waals surface area (Å²) in [5, 5.41) is 17.6. The van der Waals surface area contributed by atoms with Crippen molar-refractivity contribution < 1.29 is 14.7 Å². The number of carbonyl (C=O) groups excluding carboxylic acids is 2. The summed E-state index contributed by atoms with van der Waals surface area (Å²) in [6, 6.07) is 12.0. The molecule has 0 atom stereocenters. The minimum Gasteiger partial charge on any atom is -0.508 e. The van der Waals surface area contributed by atoms with Crippen molar-refractivity contribution in [2.45, 2.75) is 25.7 Å². The van der Waals surface area contributed by atoms with Crippen molar-refractivity contribution in [1.82, 2.24) is 5.32 Å². The van der Waals surface area contributed by atoms with E-state index in [1.165, 1.54) is 0 Å². The van der Waals surface area contributed by atoms with Crippen LogP contribution >= 0.6 is 0 Å². The molecule has 0 unspecified atom stereocenters. The molecule has 0 aromatic heterocycles. The number of hydrogen-bond donors (Lipinski definition) is 4. The van der Waals surface area contributed by atoms with Crippen LogP contribution in [0.1, 0.15) is 25.0 Å². The molecule has 0 aliphatic carbocycles. The van der Waals surface area contributed by atoms with Crippen LogP contribution in [-0.2, 0) is 16.6 Å². The topological polar surface area (TPSA) is 90.5 Å². The second kappa shape index (κ2) is 6.47. The molecule has 6 heteroatoms. The largest absolute Gasteiger partial charge is 0.508 e. The lowest BCUT2D eigenvalue weighted by molar-refractivity contribution is -0.119. The fourth-order valence-corrected chi connectivity index (χ4v) is 2.83. The summed E-state index contributed by atoms with van der Waals surface area (Å²) in [5.41, 5.74) is 2.76. The molecule has 2 aromatic carbocycles. The minimum absolute atomic E-state index is 0.0435. The Hall–Kier alpha value is -3.02. The minimum atomic E-state index is -0.555. The smallest absolute Gasteiger partial charge is 0.319 e. The first kappa shape index (κ1) is 16.8. The Morgan fingerprint density at radius 1 is 1.16 bits per heavy atom. The maximum Gasteiger partial charge on any atom is 0.319 e. The second-order valence-electron chi connectivity index (χ2n) is 6.64. The van der Waals surface area contributed by atoms with E-state index in [0.717, 1.165) is 16.8 Å². The van der Waals surface area contributed by atoms with Gasteiger partial charge in [-0.25, -0.2) is 4.79 Å². The quantitative estimate of drug-likeness (QED) is 0.690. The van der Waals surface area contributed by atoms with Gasteiger partial charge in [-0.05, 0) is 55.7 Å². The fraction of sp³-hybridized carbons (Fsp3) is 0.263. The summed E-state index contributed by atoms with van der Waals surface area (Å²) in [6.45, 7) is 4.22. The molecule has 0 spiro atoms. The van der Waals surface area contributed by atoms with Crippen LogP contribution in [0.25, 0.3) is 0 Å². The summed E-state index contributed by atoms with van der Waals surface area (Å²) in [5.74, 6) is 0.180. The molecule has 2 aromatic rings. The molecule has 1 aliphatic heterocycles. The number of fused-ring (bicyclic) bond motifs is 1. The van der Waals surface area contributed by atoms with Gasteiger partial charge in [-0.2, -0.15) is 0 Å². The number of amides is 3. The third-order valence-electron chi connectivity index (χ3n) is 4.40. The molecule has 4 N–H and O–H groups in total. The standard InChI is InChI=1S/C19H21N3O3/c1-19(2)15-8-5-13(11-16(15)22-17(19)24)21-18(25)20-10-9-12-3-6-14(23)7-4-12/h3-8,11,23H,9-10H2,1-2H3,(H,22,24)(H2,20,21,25). The van der Waals surface area contributed by atoms with Gasteiger partial charge in [-0.15, -0.1) is 0 Å². The van der Waals surface area contributed by atoms with E-state index in [4.69, 9.17) is 0 Å². The van der Waals surface area contributed by atoms with Crippen molar-refractivity contribution in [2.75, 3.05) is 17.2 Å². The van der Waals surface area contributed by atoms with Crippen molar-refractivity contribution in [3.8, 4) is 5.75 Å². The molecule has 6 nitrogen and oxygen atoms in total. The van der Waals surface area contributed by atoms with Gasteiger partial charge >= 0.3 is 6.03 Å². The molecule has 0 saturated heterocycles. The first-order chi connectivity index (χ1) is 11.9. The van der Waals surface area contributed by atoms with Gasteiger partial charge in [0.2, 0.25) is 5.91 Å². The van der Waals surface area contributed by atoms with Gasteiger partial charge in [0.1, 0.15) is 5.75 Å². The van der Waals surface area contributed by atoms with E-state index in [1.807, 2.05) is 32.0 Å². The Labute approximate surface area is 146 Å². The molecule has 1 heterocycles. The Kier molecular flexibility index (Phi) is 4.35. The molecule has 0 bridgehead atoms. The van der Waals surface area contributed by atoms with Gasteiger partial charge in [0, 0.05) is 17.9 Å². The van der Waals surface area contributed by atoms with Gasteiger partial charge in [-0.1, -0.05) is 18.2 Å². The van der Waals surface area contributed by atoms with Gasteiger partial charge in [0.15, 0.2) is 0 Å². The van der Waals surface area contributed by atoms with Crippen LogP contribution in [0, 0.1) is 0 Å². The van der Waals surface area contributed by atoms with E-state index in [1.54, 1.807) is 24.3 Å². The number of hydrogen-bond acceptors (Lipinski definition) is 3. The van der Waals surface area contributed by atoms with Crippen LogP contribution in [0.5, 0.6) is 5.75 Å². The third-order valence-corrected chi connectivity index (χ3v) is 4.40. The monoisotopic (exact) mass is 339 g/mol. The van der Waals surface area contributed by atoms with Crippen LogP contribution in [0.3, 0.4) is 0 Å². The number of aromatic hydroxyl groups is 1. The summed E-state index contributed by atoms with van der Waals surface area (Å²) in [7, 11) is 0. The molecule has 130 valence electrons. The zero-order valence-corrected chi connectivity index (χ0v) is 14.2. The molecular formula is C19H21N3O3. The highest BCUT2D eigenvalue weighted by Crippen LogP contribution is 2.38. The molecule has 3 amide bonds. The Morgan fingerprint density at radius 2 is 1.88 bits per heavy atom. The number of phenolic OH excluding ortho intramolecular Hbond substituents is 1. The van der Waals surface area contributed by atoms with Gasteiger partial charge < -0.3 is 21.1 Å². The van der Waals surface area contributed by atoms with Crippen LogP contribution in [0.2, 0.25) is 0 Å². The molecule has 0 fully saturated rings. The van der Waals surface area contributed by atoms with Crippen LogP contribution < -0.4 is 16.0 Å². The average Bonchev–Trinajstić information content (AvgIpc) is 2.78. The number of nitrogens with one attached hydrogen (secondary N) is 3. The Balaban J connectivity index is 1.54. The zero-order valence-electron chi connectivity index (χ0n) is 14.2. The normalized spacial score (nSPS) is 14.6. The van der Waals surface area contributed by atoms with Crippen LogP contribution in [0.4, 0.5) is 16.2 Å². The SMILES string of the molecule is CC1(C)C(=O)Nc2cc(NC(=O)NCCc3ccc(O)cc3)ccc21. The number of rotatable bonds is 4. The van der Waals surface area contributed by atoms with Crippen molar-refractivity contribution in [1.29, 1.82) is 0 Å². The zero-order chi connectivity index (χ0) is 18.0. The van der Waals surface area contributed by atoms with Crippen molar-refractivity contribution in [2.24, 2.45) is 0 Å². The highest BCUT2D eigenvalue weighted by atomic mass is 16.3. The number of carbonyl (C=O) groups is 2. The van der Waals surface area contributed by atoms with E-state index in [2.05, 4.69) is 16.0 Å². The van der Waals surface area contributed by atoms with E-state index in [9.17, 15) is 14.7 Å². The first-order valence-electron chi connectivity index (χ1n) is 8.15. The van der Waals surface area contributed by atoms with Gasteiger partial charge in [0.25, 0.3) is 0 Å².